The topological polar surface area (TPSA) is 12.0 Å². The van der Waals surface area contributed by atoms with Crippen LogP contribution in [-0.2, 0) is 12.6 Å². The zero-order valence-electron chi connectivity index (χ0n) is 11.4. The van der Waals surface area contributed by atoms with Gasteiger partial charge in [-0.25, -0.2) is 4.39 Å². The lowest BCUT2D eigenvalue weighted by Gasteiger charge is -2.17. The third-order valence-corrected chi connectivity index (χ3v) is 3.34. The Morgan fingerprint density at radius 3 is 2.00 bits per heavy atom. The lowest BCUT2D eigenvalue weighted by molar-refractivity contribution is -0.137. The Hall–Kier alpha value is -1.88. The molecule has 1 N–H and O–H groups in total. The van der Waals surface area contributed by atoms with Gasteiger partial charge in [0.25, 0.3) is 0 Å². The highest BCUT2D eigenvalue weighted by atomic mass is 19.4. The van der Waals surface area contributed by atoms with Crippen molar-refractivity contribution in [1.29, 1.82) is 0 Å². The first kappa shape index (κ1) is 15.5. The van der Waals surface area contributed by atoms with Crippen LogP contribution in [0.2, 0.25) is 0 Å². The summed E-state index contributed by atoms with van der Waals surface area (Å²) in [7, 11) is 1.74. The van der Waals surface area contributed by atoms with Crippen LogP contribution in [0, 0.1) is 5.82 Å². The lowest BCUT2D eigenvalue weighted by Crippen LogP contribution is -2.19. The molecule has 5 heteroatoms. The van der Waals surface area contributed by atoms with Crippen molar-refractivity contribution in [2.45, 2.75) is 18.6 Å². The van der Waals surface area contributed by atoms with Crippen molar-refractivity contribution in [3.05, 3.63) is 71.0 Å². The first-order chi connectivity index (χ1) is 9.90. The minimum absolute atomic E-state index is 0.127. The Morgan fingerprint density at radius 1 is 0.952 bits per heavy atom. The Bertz CT molecular complexity index is 573. The van der Waals surface area contributed by atoms with Crippen molar-refractivity contribution in [2.24, 2.45) is 0 Å². The molecule has 0 fully saturated rings. The Balaban J connectivity index is 2.15. The van der Waals surface area contributed by atoms with Crippen LogP contribution in [0.25, 0.3) is 0 Å². The molecule has 21 heavy (non-hydrogen) atoms. The number of alkyl halides is 3. The lowest BCUT2D eigenvalue weighted by atomic mass is 9.98. The van der Waals surface area contributed by atoms with E-state index < -0.39 is 11.7 Å². The van der Waals surface area contributed by atoms with E-state index in [4.69, 9.17) is 0 Å². The summed E-state index contributed by atoms with van der Waals surface area (Å²) < 4.78 is 50.5. The molecule has 112 valence electrons. The predicted octanol–water partition coefficient (Wildman–Crippen LogP) is 4.35. The maximum Gasteiger partial charge on any atom is 0.416 e. The van der Waals surface area contributed by atoms with Gasteiger partial charge in [-0.1, -0.05) is 24.3 Å². The third-order valence-electron chi connectivity index (χ3n) is 3.34. The van der Waals surface area contributed by atoms with Crippen LogP contribution >= 0.6 is 0 Å². The second kappa shape index (κ2) is 6.26. The van der Waals surface area contributed by atoms with Crippen LogP contribution < -0.4 is 5.32 Å². The number of nitrogens with one attached hydrogen (secondary N) is 1. The van der Waals surface area contributed by atoms with Crippen molar-refractivity contribution < 1.29 is 17.6 Å². The minimum atomic E-state index is -4.33. The van der Waals surface area contributed by atoms with E-state index >= 15 is 0 Å². The molecular formula is C16H15F4N. The average molecular weight is 297 g/mol. The van der Waals surface area contributed by atoms with Crippen molar-refractivity contribution in [2.75, 3.05) is 7.05 Å². The van der Waals surface area contributed by atoms with Gasteiger partial charge in [0.05, 0.1) is 5.56 Å². The van der Waals surface area contributed by atoms with Gasteiger partial charge in [0, 0.05) is 6.04 Å². The van der Waals surface area contributed by atoms with Crippen molar-refractivity contribution in [3.63, 3.8) is 0 Å². The monoisotopic (exact) mass is 297 g/mol. The fourth-order valence-corrected chi connectivity index (χ4v) is 2.15. The highest BCUT2D eigenvalue weighted by Crippen LogP contribution is 2.30. The number of likely N-dealkylation sites (N-methyl/N-ethyl adjacent to an activating group) is 1. The molecule has 2 rings (SSSR count). The summed E-state index contributed by atoms with van der Waals surface area (Å²) >= 11 is 0. The van der Waals surface area contributed by atoms with Crippen LogP contribution in [0.4, 0.5) is 17.6 Å². The molecule has 2 aromatic carbocycles. The molecular weight excluding hydrogens is 282 g/mol. The molecule has 0 aliphatic rings. The first-order valence-corrected chi connectivity index (χ1v) is 6.49. The van der Waals surface area contributed by atoms with Crippen LogP contribution in [0.3, 0.4) is 0 Å². The number of halogens is 4. The van der Waals surface area contributed by atoms with Gasteiger partial charge in [-0.15, -0.1) is 0 Å². The molecule has 1 unspecified atom stereocenters. The number of benzene rings is 2. The van der Waals surface area contributed by atoms with Crippen molar-refractivity contribution in [3.8, 4) is 0 Å². The quantitative estimate of drug-likeness (QED) is 0.827. The zero-order chi connectivity index (χ0) is 15.5. The highest BCUT2D eigenvalue weighted by molar-refractivity contribution is 5.28. The van der Waals surface area contributed by atoms with E-state index in [0.29, 0.717) is 6.42 Å². The zero-order valence-corrected chi connectivity index (χ0v) is 11.4. The molecule has 1 atom stereocenters. The van der Waals surface area contributed by atoms with Crippen LogP contribution in [0.1, 0.15) is 22.7 Å². The molecule has 0 radical (unpaired) electrons. The van der Waals surface area contributed by atoms with Gasteiger partial charge >= 0.3 is 6.18 Å². The summed E-state index contributed by atoms with van der Waals surface area (Å²) in [6.45, 7) is 0. The molecule has 0 aliphatic heterocycles. The van der Waals surface area contributed by atoms with Gasteiger partial charge in [-0.3, -0.25) is 0 Å². The van der Waals surface area contributed by atoms with E-state index in [-0.39, 0.29) is 11.9 Å². The highest BCUT2D eigenvalue weighted by Gasteiger charge is 2.30. The summed E-state index contributed by atoms with van der Waals surface area (Å²) in [5.41, 5.74) is 1.01. The van der Waals surface area contributed by atoms with Gasteiger partial charge < -0.3 is 5.32 Å². The maximum atomic E-state index is 12.9. The molecule has 0 saturated carbocycles. The molecule has 0 heterocycles. The number of hydrogen-bond acceptors (Lipinski definition) is 1. The standard InChI is InChI=1S/C16H15F4N/c1-21-15(10-11-2-8-14(17)9-3-11)12-4-6-13(7-5-12)16(18,19)20/h2-9,15,21H,10H2,1H3. The molecule has 0 spiro atoms. The van der Waals surface area contributed by atoms with E-state index in [1.807, 2.05) is 0 Å². The summed E-state index contributed by atoms with van der Waals surface area (Å²) in [6.07, 6.45) is -3.76. The molecule has 0 amide bonds. The second-order valence-corrected chi connectivity index (χ2v) is 4.79. The molecule has 0 saturated heterocycles. The van der Waals surface area contributed by atoms with E-state index in [9.17, 15) is 17.6 Å². The van der Waals surface area contributed by atoms with Gasteiger partial charge in [0.1, 0.15) is 5.82 Å². The number of hydrogen-bond donors (Lipinski definition) is 1. The normalized spacial score (nSPS) is 13.2. The summed E-state index contributed by atoms with van der Waals surface area (Å²) in [4.78, 5) is 0. The van der Waals surface area contributed by atoms with Crippen molar-refractivity contribution >= 4 is 0 Å². The van der Waals surface area contributed by atoms with E-state index in [1.165, 1.54) is 24.3 Å². The fraction of sp³-hybridized carbons (Fsp3) is 0.250. The van der Waals surface area contributed by atoms with Crippen LogP contribution in [0.15, 0.2) is 48.5 Å². The summed E-state index contributed by atoms with van der Waals surface area (Å²) in [5, 5.41) is 3.06. The van der Waals surface area contributed by atoms with Gasteiger partial charge in [0.15, 0.2) is 0 Å². The SMILES string of the molecule is CNC(Cc1ccc(F)cc1)c1ccc(C(F)(F)F)cc1. The van der Waals surface area contributed by atoms with Crippen LogP contribution in [0.5, 0.6) is 0 Å². The van der Waals surface area contributed by atoms with Crippen LogP contribution in [-0.4, -0.2) is 7.05 Å². The van der Waals surface area contributed by atoms with Gasteiger partial charge in [-0.2, -0.15) is 13.2 Å². The minimum Gasteiger partial charge on any atom is -0.313 e. The molecule has 2 aromatic rings. The molecule has 0 aromatic heterocycles. The molecule has 0 bridgehead atoms. The van der Waals surface area contributed by atoms with Gasteiger partial charge in [0.2, 0.25) is 0 Å². The predicted molar refractivity (Wildman–Crippen MR) is 73.3 cm³/mol. The Morgan fingerprint density at radius 2 is 1.52 bits per heavy atom. The summed E-state index contributed by atoms with van der Waals surface area (Å²) in [5.74, 6) is -0.311. The summed E-state index contributed by atoms with van der Waals surface area (Å²) in [6, 6.07) is 11.0. The first-order valence-electron chi connectivity index (χ1n) is 6.49. The third kappa shape index (κ3) is 4.04. The van der Waals surface area contributed by atoms with E-state index in [0.717, 1.165) is 23.3 Å². The molecule has 1 nitrogen and oxygen atoms in total. The average Bonchev–Trinajstić information content (AvgIpc) is 2.46. The Labute approximate surface area is 120 Å². The van der Waals surface area contributed by atoms with E-state index in [2.05, 4.69) is 5.32 Å². The van der Waals surface area contributed by atoms with Crippen molar-refractivity contribution in [1.82, 2.24) is 5.32 Å². The van der Waals surface area contributed by atoms with E-state index in [1.54, 1.807) is 19.2 Å². The fourth-order valence-electron chi connectivity index (χ4n) is 2.15. The smallest absolute Gasteiger partial charge is 0.313 e. The number of rotatable bonds is 4. The molecule has 0 aliphatic carbocycles. The second-order valence-electron chi connectivity index (χ2n) is 4.79. The maximum absolute atomic E-state index is 12.9. The van der Waals surface area contributed by atoms with Gasteiger partial charge in [-0.05, 0) is 48.9 Å². The largest absolute Gasteiger partial charge is 0.416 e. The Kier molecular flexibility index (Phi) is 4.63.